The zero-order valence-electron chi connectivity index (χ0n) is 16.6. The number of anilines is 2. The number of hydrogen-bond donors (Lipinski definition) is 1. The van der Waals surface area contributed by atoms with Crippen molar-refractivity contribution in [2.45, 2.75) is 12.6 Å². The average Bonchev–Trinajstić information content (AvgIpc) is 3.46. The predicted octanol–water partition coefficient (Wildman–Crippen LogP) is 3.76. The van der Waals surface area contributed by atoms with Gasteiger partial charge in [0.05, 0.1) is 22.6 Å². The molecular weight excluding hydrogens is 463 g/mol. The molecule has 0 saturated carbocycles. The van der Waals surface area contributed by atoms with Gasteiger partial charge in [0.25, 0.3) is 5.91 Å². The lowest BCUT2D eigenvalue weighted by Gasteiger charge is -2.35. The number of rotatable bonds is 5. The fraction of sp³-hybridized carbons (Fsp3) is 0.300. The van der Waals surface area contributed by atoms with Crippen LogP contribution >= 0.6 is 22.7 Å². The molecule has 0 radical (unpaired) electrons. The van der Waals surface area contributed by atoms with E-state index < -0.39 is 11.7 Å². The number of thiophene rings is 1. The Morgan fingerprint density at radius 2 is 1.88 bits per heavy atom. The van der Waals surface area contributed by atoms with Gasteiger partial charge < -0.3 is 9.80 Å². The largest absolute Gasteiger partial charge is 0.417 e. The van der Waals surface area contributed by atoms with Gasteiger partial charge in [-0.3, -0.25) is 14.9 Å². The van der Waals surface area contributed by atoms with Crippen molar-refractivity contribution in [3.63, 3.8) is 0 Å². The molecule has 12 heteroatoms. The number of thiazole rings is 1. The lowest BCUT2D eigenvalue weighted by molar-refractivity contribution is -0.137. The normalized spacial score (nSPS) is 14.5. The molecule has 1 N–H and O–H groups in total. The van der Waals surface area contributed by atoms with Crippen LogP contribution in [0.25, 0.3) is 0 Å². The van der Waals surface area contributed by atoms with Crippen LogP contribution in [0, 0.1) is 0 Å². The van der Waals surface area contributed by atoms with Crippen LogP contribution in [0.2, 0.25) is 0 Å². The standard InChI is InChI=1S/C20H18F3N5O2S2/c21-20(22,23)13-3-4-16(24-11-13)27-5-7-28(8-6-27)17(29)10-14-12-32-19(25-14)26-18(30)15-2-1-9-31-15/h1-4,9,11-12H,5-8,10H2,(H,25,26,30). The second-order valence-electron chi connectivity index (χ2n) is 7.02. The highest BCUT2D eigenvalue weighted by Gasteiger charge is 2.31. The number of amides is 2. The summed E-state index contributed by atoms with van der Waals surface area (Å²) in [6, 6.07) is 5.87. The fourth-order valence-corrected chi connectivity index (χ4v) is 4.53. The van der Waals surface area contributed by atoms with Crippen LogP contribution in [0.5, 0.6) is 0 Å². The molecule has 1 saturated heterocycles. The Hall–Kier alpha value is -2.99. The molecule has 0 aromatic carbocycles. The SMILES string of the molecule is O=C(Nc1nc(CC(=O)N2CCN(c3ccc(C(F)(F)F)cn3)CC2)cs1)c1cccs1. The summed E-state index contributed by atoms with van der Waals surface area (Å²) in [5.74, 6) is 0.127. The molecule has 4 rings (SSSR count). The lowest BCUT2D eigenvalue weighted by atomic mass is 10.2. The van der Waals surface area contributed by atoms with Crippen LogP contribution in [0.3, 0.4) is 0 Å². The summed E-state index contributed by atoms with van der Waals surface area (Å²) in [6.45, 7) is 1.83. The van der Waals surface area contributed by atoms with E-state index in [1.807, 2.05) is 10.3 Å². The quantitative estimate of drug-likeness (QED) is 0.601. The summed E-state index contributed by atoms with van der Waals surface area (Å²) in [5.41, 5.74) is -0.211. The molecule has 7 nitrogen and oxygen atoms in total. The van der Waals surface area contributed by atoms with Gasteiger partial charge in [0.2, 0.25) is 5.91 Å². The van der Waals surface area contributed by atoms with E-state index in [1.165, 1.54) is 28.7 Å². The molecule has 0 spiro atoms. The van der Waals surface area contributed by atoms with E-state index in [0.29, 0.717) is 47.7 Å². The number of halogens is 3. The number of alkyl halides is 3. The van der Waals surface area contributed by atoms with Crippen molar-refractivity contribution in [1.29, 1.82) is 0 Å². The van der Waals surface area contributed by atoms with Gasteiger partial charge in [0, 0.05) is 37.8 Å². The van der Waals surface area contributed by atoms with Gasteiger partial charge in [-0.1, -0.05) is 6.07 Å². The van der Waals surface area contributed by atoms with Crippen molar-refractivity contribution in [2.24, 2.45) is 0 Å². The fourth-order valence-electron chi connectivity index (χ4n) is 3.20. The van der Waals surface area contributed by atoms with Gasteiger partial charge in [-0.05, 0) is 23.6 Å². The van der Waals surface area contributed by atoms with Crippen LogP contribution in [0.1, 0.15) is 20.9 Å². The molecule has 0 atom stereocenters. The Morgan fingerprint density at radius 1 is 1.09 bits per heavy atom. The summed E-state index contributed by atoms with van der Waals surface area (Å²) in [7, 11) is 0. The topological polar surface area (TPSA) is 78.4 Å². The number of nitrogens with zero attached hydrogens (tertiary/aromatic N) is 4. The summed E-state index contributed by atoms with van der Waals surface area (Å²) in [6.07, 6.45) is -3.48. The molecular formula is C20H18F3N5O2S2. The zero-order chi connectivity index (χ0) is 22.7. The first-order valence-electron chi connectivity index (χ1n) is 9.65. The number of nitrogens with one attached hydrogen (secondary N) is 1. The second kappa shape index (κ2) is 9.25. The molecule has 1 aliphatic heterocycles. The van der Waals surface area contributed by atoms with Gasteiger partial charge in [-0.15, -0.1) is 22.7 Å². The average molecular weight is 482 g/mol. The van der Waals surface area contributed by atoms with E-state index in [4.69, 9.17) is 0 Å². The number of carbonyl (C=O) groups is 2. The molecule has 168 valence electrons. The van der Waals surface area contributed by atoms with Gasteiger partial charge in [-0.25, -0.2) is 9.97 Å². The van der Waals surface area contributed by atoms with Crippen molar-refractivity contribution in [3.8, 4) is 0 Å². The van der Waals surface area contributed by atoms with Crippen LogP contribution < -0.4 is 10.2 Å². The Balaban J connectivity index is 1.28. The van der Waals surface area contributed by atoms with Gasteiger partial charge in [-0.2, -0.15) is 13.2 Å². The third kappa shape index (κ3) is 5.25. The molecule has 1 aliphatic rings. The van der Waals surface area contributed by atoms with E-state index >= 15 is 0 Å². The zero-order valence-corrected chi connectivity index (χ0v) is 18.3. The van der Waals surface area contributed by atoms with Crippen molar-refractivity contribution in [2.75, 3.05) is 36.4 Å². The number of hydrogen-bond acceptors (Lipinski definition) is 7. The smallest absolute Gasteiger partial charge is 0.353 e. The Morgan fingerprint density at radius 3 is 2.50 bits per heavy atom. The van der Waals surface area contributed by atoms with E-state index in [0.717, 1.165) is 12.3 Å². The maximum absolute atomic E-state index is 12.7. The van der Waals surface area contributed by atoms with Gasteiger partial charge >= 0.3 is 6.18 Å². The third-order valence-corrected chi connectivity index (χ3v) is 6.56. The van der Waals surface area contributed by atoms with E-state index in [9.17, 15) is 22.8 Å². The first-order valence-corrected chi connectivity index (χ1v) is 11.4. The predicted molar refractivity (Wildman–Crippen MR) is 116 cm³/mol. The molecule has 3 aromatic rings. The molecule has 2 amide bonds. The van der Waals surface area contributed by atoms with Crippen molar-refractivity contribution < 1.29 is 22.8 Å². The van der Waals surface area contributed by atoms with Crippen molar-refractivity contribution in [3.05, 3.63) is 57.4 Å². The van der Waals surface area contributed by atoms with Crippen LogP contribution in [0.4, 0.5) is 24.1 Å². The minimum Gasteiger partial charge on any atom is -0.353 e. The molecule has 32 heavy (non-hydrogen) atoms. The monoisotopic (exact) mass is 481 g/mol. The minimum absolute atomic E-state index is 0.0912. The second-order valence-corrected chi connectivity index (χ2v) is 8.83. The van der Waals surface area contributed by atoms with Gasteiger partial charge in [0.15, 0.2) is 5.13 Å². The maximum atomic E-state index is 12.7. The van der Waals surface area contributed by atoms with E-state index in [-0.39, 0.29) is 18.2 Å². The summed E-state index contributed by atoms with van der Waals surface area (Å²) < 4.78 is 38.1. The first kappa shape index (κ1) is 22.2. The number of pyridine rings is 1. The van der Waals surface area contributed by atoms with Crippen molar-refractivity contribution in [1.82, 2.24) is 14.9 Å². The maximum Gasteiger partial charge on any atom is 0.417 e. The molecule has 1 fully saturated rings. The molecule has 3 aromatic heterocycles. The first-order chi connectivity index (χ1) is 15.3. The Labute approximate surface area is 189 Å². The lowest BCUT2D eigenvalue weighted by Crippen LogP contribution is -2.49. The Kier molecular flexibility index (Phi) is 6.42. The molecule has 4 heterocycles. The highest BCUT2D eigenvalue weighted by molar-refractivity contribution is 7.14. The highest BCUT2D eigenvalue weighted by atomic mass is 32.1. The number of carbonyl (C=O) groups excluding carboxylic acids is 2. The van der Waals surface area contributed by atoms with Gasteiger partial charge in [0.1, 0.15) is 5.82 Å². The number of piperazine rings is 1. The van der Waals surface area contributed by atoms with Crippen LogP contribution in [-0.2, 0) is 17.4 Å². The summed E-state index contributed by atoms with van der Waals surface area (Å²) >= 11 is 2.59. The minimum atomic E-state index is -4.42. The van der Waals surface area contributed by atoms with E-state index in [1.54, 1.807) is 22.4 Å². The highest BCUT2D eigenvalue weighted by Crippen LogP contribution is 2.29. The van der Waals surface area contributed by atoms with Crippen molar-refractivity contribution >= 4 is 45.4 Å². The van der Waals surface area contributed by atoms with E-state index in [2.05, 4.69) is 15.3 Å². The Bertz CT molecular complexity index is 1080. The third-order valence-electron chi connectivity index (χ3n) is 4.88. The summed E-state index contributed by atoms with van der Waals surface area (Å²) in [4.78, 5) is 37.1. The van der Waals surface area contributed by atoms with Crippen LogP contribution in [0.15, 0.2) is 41.2 Å². The molecule has 0 aliphatic carbocycles. The van der Waals surface area contributed by atoms with Crippen LogP contribution in [-0.4, -0.2) is 52.9 Å². The molecule has 0 bridgehead atoms. The number of aromatic nitrogens is 2. The molecule has 0 unspecified atom stereocenters. The summed E-state index contributed by atoms with van der Waals surface area (Å²) in [5, 5.41) is 6.71.